The molecule has 2 heterocycles. The molecule has 2 saturated heterocycles. The number of aliphatic carboxylic acids is 1. The summed E-state index contributed by atoms with van der Waals surface area (Å²) in [5, 5.41) is 25.3. The predicted molar refractivity (Wildman–Crippen MR) is 161 cm³/mol. The quantitative estimate of drug-likeness (QED) is 0.127. The molecule has 6 rings (SSSR count). The lowest BCUT2D eigenvalue weighted by Gasteiger charge is -2.31. The Kier molecular flexibility index (Phi) is 7.17. The van der Waals surface area contributed by atoms with Gasteiger partial charge in [-0.05, 0) is 28.3 Å². The first kappa shape index (κ1) is 27.7. The molecule has 4 aromatic carbocycles. The Hall–Kier alpha value is -5.41. The lowest BCUT2D eigenvalue weighted by molar-refractivity contribution is -0.384. The van der Waals surface area contributed by atoms with E-state index in [2.05, 4.69) is 5.32 Å². The fourth-order valence-electron chi connectivity index (χ4n) is 6.21. The lowest BCUT2D eigenvalue weighted by Crippen LogP contribution is -2.57. The van der Waals surface area contributed by atoms with E-state index in [4.69, 9.17) is 0 Å². The molecule has 9 nitrogen and oxygen atoms in total. The van der Waals surface area contributed by atoms with Crippen molar-refractivity contribution in [1.82, 2.24) is 5.32 Å². The molecule has 4 unspecified atom stereocenters. The van der Waals surface area contributed by atoms with Gasteiger partial charge in [-0.2, -0.15) is 0 Å². The van der Waals surface area contributed by atoms with Crippen LogP contribution in [0.1, 0.15) is 28.3 Å². The minimum Gasteiger partial charge on any atom is -0.480 e. The molecule has 0 aliphatic carbocycles. The fourth-order valence-corrected chi connectivity index (χ4v) is 6.21. The van der Waals surface area contributed by atoms with Crippen molar-refractivity contribution >= 4 is 41.3 Å². The van der Waals surface area contributed by atoms with Crippen LogP contribution in [0.25, 0.3) is 12.2 Å². The van der Waals surface area contributed by atoms with E-state index < -0.39 is 46.1 Å². The highest BCUT2D eigenvalue weighted by Crippen LogP contribution is 2.51. The van der Waals surface area contributed by atoms with Crippen molar-refractivity contribution in [2.45, 2.75) is 18.0 Å². The zero-order valence-electron chi connectivity index (χ0n) is 22.9. The molecule has 4 atom stereocenters. The number of imide groups is 1. The summed E-state index contributed by atoms with van der Waals surface area (Å²) in [7, 11) is 0. The van der Waals surface area contributed by atoms with Gasteiger partial charge in [-0.3, -0.25) is 29.8 Å². The number of carboxylic acids is 1. The number of amides is 2. The van der Waals surface area contributed by atoms with Gasteiger partial charge in [-0.15, -0.1) is 0 Å². The number of non-ortho nitro benzene ring substituents is 1. The Balaban J connectivity index is 1.41. The summed E-state index contributed by atoms with van der Waals surface area (Å²) in [4.78, 5) is 53.0. The van der Waals surface area contributed by atoms with Crippen molar-refractivity contribution in [3.8, 4) is 0 Å². The molecule has 9 heteroatoms. The number of hydrogen-bond donors (Lipinski definition) is 2. The van der Waals surface area contributed by atoms with Crippen molar-refractivity contribution in [2.24, 2.45) is 11.8 Å². The fraction of sp³-hybridized carbons (Fsp3) is 0.147. The molecule has 2 N–H and O–H groups in total. The number of carboxylic acid groups (broad SMARTS) is 1. The molecule has 0 saturated carbocycles. The first-order valence-corrected chi connectivity index (χ1v) is 13.8. The van der Waals surface area contributed by atoms with Gasteiger partial charge in [0.25, 0.3) is 5.69 Å². The van der Waals surface area contributed by atoms with Gasteiger partial charge in [0.15, 0.2) is 0 Å². The number of anilines is 1. The highest BCUT2D eigenvalue weighted by Gasteiger charge is 2.68. The van der Waals surface area contributed by atoms with Crippen LogP contribution in [0.2, 0.25) is 0 Å². The van der Waals surface area contributed by atoms with Crippen LogP contribution in [-0.4, -0.2) is 33.4 Å². The van der Waals surface area contributed by atoms with Gasteiger partial charge in [0, 0.05) is 24.6 Å². The van der Waals surface area contributed by atoms with Gasteiger partial charge >= 0.3 is 5.97 Å². The molecule has 2 fully saturated rings. The summed E-state index contributed by atoms with van der Waals surface area (Å²) in [6.45, 7) is 0. The van der Waals surface area contributed by atoms with Crippen LogP contribution in [0.3, 0.4) is 0 Å². The summed E-state index contributed by atoms with van der Waals surface area (Å²) >= 11 is 0. The first-order chi connectivity index (χ1) is 20.8. The average Bonchev–Trinajstić information content (AvgIpc) is 3.50. The molecule has 43 heavy (non-hydrogen) atoms. The topological polar surface area (TPSA) is 130 Å². The number of nitrogens with one attached hydrogen (secondary N) is 1. The van der Waals surface area contributed by atoms with E-state index >= 15 is 0 Å². The number of fused-ring (bicyclic) bond motifs is 1. The summed E-state index contributed by atoms with van der Waals surface area (Å²) in [6.07, 6.45) is 3.89. The third-order valence-corrected chi connectivity index (χ3v) is 8.22. The highest BCUT2D eigenvalue weighted by atomic mass is 16.6. The van der Waals surface area contributed by atoms with Crippen LogP contribution in [0.15, 0.2) is 109 Å². The maximum Gasteiger partial charge on any atom is 0.325 e. The lowest BCUT2D eigenvalue weighted by atomic mass is 9.76. The third kappa shape index (κ3) is 5.00. The van der Waals surface area contributed by atoms with Crippen LogP contribution in [0, 0.1) is 22.0 Å². The number of nitro benzene ring substituents is 1. The van der Waals surface area contributed by atoms with E-state index in [1.165, 1.54) is 18.2 Å². The maximum absolute atomic E-state index is 14.1. The van der Waals surface area contributed by atoms with Crippen molar-refractivity contribution in [3.05, 3.63) is 142 Å². The number of nitro groups is 1. The van der Waals surface area contributed by atoms with Crippen LogP contribution in [-0.2, 0) is 20.8 Å². The SMILES string of the molecule is O=C1C2C(c3ccc(/C=C/c4ccccc4)cc3)NC(Cc3ccccc3)(C(=O)O)C2C(=O)N1c1cccc([N+](=O)[O-])c1. The zero-order chi connectivity index (χ0) is 30.1. The predicted octanol–water partition coefficient (Wildman–Crippen LogP) is 5.28. The Morgan fingerprint density at radius 3 is 2.12 bits per heavy atom. The van der Waals surface area contributed by atoms with Crippen LogP contribution in [0.4, 0.5) is 11.4 Å². The van der Waals surface area contributed by atoms with E-state index in [1.54, 1.807) is 24.3 Å². The van der Waals surface area contributed by atoms with E-state index in [1.807, 2.05) is 72.8 Å². The monoisotopic (exact) mass is 573 g/mol. The Labute approximate surface area is 247 Å². The zero-order valence-corrected chi connectivity index (χ0v) is 22.9. The molecule has 0 spiro atoms. The summed E-state index contributed by atoms with van der Waals surface area (Å²) in [6, 6.07) is 30.6. The molecular weight excluding hydrogens is 546 g/mol. The van der Waals surface area contributed by atoms with E-state index in [0.29, 0.717) is 11.1 Å². The van der Waals surface area contributed by atoms with Crippen molar-refractivity contribution in [2.75, 3.05) is 4.90 Å². The number of nitrogens with zero attached hydrogens (tertiary/aromatic N) is 2. The molecule has 0 radical (unpaired) electrons. The number of benzene rings is 4. The maximum atomic E-state index is 14.1. The summed E-state index contributed by atoms with van der Waals surface area (Å²) in [5.41, 5.74) is 1.25. The second-order valence-corrected chi connectivity index (χ2v) is 10.8. The smallest absolute Gasteiger partial charge is 0.325 e. The molecule has 0 bridgehead atoms. The Morgan fingerprint density at radius 2 is 1.49 bits per heavy atom. The van der Waals surface area contributed by atoms with Gasteiger partial charge in [0.05, 0.1) is 22.4 Å². The molecule has 2 amide bonds. The summed E-state index contributed by atoms with van der Waals surface area (Å²) in [5.74, 6) is -4.85. The van der Waals surface area contributed by atoms with Crippen LogP contribution < -0.4 is 10.2 Å². The van der Waals surface area contributed by atoms with Crippen LogP contribution >= 0.6 is 0 Å². The first-order valence-electron chi connectivity index (χ1n) is 13.8. The van der Waals surface area contributed by atoms with E-state index in [-0.39, 0.29) is 17.8 Å². The van der Waals surface area contributed by atoms with Crippen LogP contribution in [0.5, 0.6) is 0 Å². The number of hydrogen-bond acceptors (Lipinski definition) is 6. The minimum absolute atomic E-state index is 0.0396. The normalized spacial score (nSPS) is 23.1. The minimum atomic E-state index is -1.80. The molecule has 0 aromatic heterocycles. The van der Waals surface area contributed by atoms with Gasteiger partial charge in [0.1, 0.15) is 5.54 Å². The number of rotatable bonds is 8. The van der Waals surface area contributed by atoms with Crippen molar-refractivity contribution in [3.63, 3.8) is 0 Å². The molecule has 2 aliphatic rings. The second kappa shape index (κ2) is 11.1. The largest absolute Gasteiger partial charge is 0.480 e. The molecular formula is C34H27N3O6. The molecule has 4 aromatic rings. The molecule has 214 valence electrons. The van der Waals surface area contributed by atoms with E-state index in [9.17, 15) is 29.6 Å². The van der Waals surface area contributed by atoms with Gasteiger partial charge < -0.3 is 5.11 Å². The number of carbonyl (C=O) groups excluding carboxylic acids is 2. The summed E-state index contributed by atoms with van der Waals surface area (Å²) < 4.78 is 0. The van der Waals surface area contributed by atoms with Crippen molar-refractivity contribution in [1.29, 1.82) is 0 Å². The average molecular weight is 574 g/mol. The van der Waals surface area contributed by atoms with E-state index in [0.717, 1.165) is 22.1 Å². The highest BCUT2D eigenvalue weighted by molar-refractivity contribution is 6.24. The number of carbonyl (C=O) groups is 3. The Morgan fingerprint density at radius 1 is 0.860 bits per heavy atom. The standard InChI is InChI=1S/C34H27N3O6/c38-31-28-29(32(39)36(31)26-12-7-13-27(20-26)37(42)43)34(33(40)41,21-24-10-5-2-6-11-24)35-30(28)25-18-16-23(17-19-25)15-14-22-8-3-1-4-9-22/h1-20,28-30,35H,21H2,(H,40,41)/b15-14+. The second-order valence-electron chi connectivity index (χ2n) is 10.8. The molecule has 2 aliphatic heterocycles. The van der Waals surface area contributed by atoms with Gasteiger partial charge in [0.2, 0.25) is 11.8 Å². The van der Waals surface area contributed by atoms with Gasteiger partial charge in [-0.1, -0.05) is 103 Å². The van der Waals surface area contributed by atoms with Crippen molar-refractivity contribution < 1.29 is 24.4 Å². The third-order valence-electron chi connectivity index (χ3n) is 8.22. The Bertz CT molecular complexity index is 1740. The van der Waals surface area contributed by atoms with Gasteiger partial charge in [-0.25, -0.2) is 4.90 Å².